The Kier molecular flexibility index (Phi) is 6.71. The molecule has 1 N–H and O–H groups in total. The Morgan fingerprint density at radius 1 is 1.29 bits per heavy atom. The van der Waals surface area contributed by atoms with Gasteiger partial charge < -0.3 is 15.0 Å². The minimum Gasteiger partial charge on any atom is -0.383 e. The fourth-order valence-electron chi connectivity index (χ4n) is 3.60. The normalized spacial score (nSPS) is 19.5. The van der Waals surface area contributed by atoms with Gasteiger partial charge in [0, 0.05) is 44.6 Å². The molecule has 1 saturated heterocycles. The van der Waals surface area contributed by atoms with Gasteiger partial charge in [-0.25, -0.2) is 4.39 Å². The summed E-state index contributed by atoms with van der Waals surface area (Å²) < 4.78 is 19.7. The number of methoxy groups -OCH3 is 1. The van der Waals surface area contributed by atoms with Gasteiger partial charge in [-0.2, -0.15) is 0 Å². The maximum Gasteiger partial charge on any atom is 0.225 e. The minimum atomic E-state index is -0.657. The lowest BCUT2D eigenvalue weighted by molar-refractivity contribution is -0.144. The summed E-state index contributed by atoms with van der Waals surface area (Å²) in [6.45, 7) is 0.985. The average molecular weight is 385 g/mol. The number of pyridine rings is 1. The summed E-state index contributed by atoms with van der Waals surface area (Å²) >= 11 is 0. The zero-order valence-corrected chi connectivity index (χ0v) is 15.8. The average Bonchev–Trinajstić information content (AvgIpc) is 2.72. The Morgan fingerprint density at radius 2 is 2.04 bits per heavy atom. The number of hydrogen-bond donors (Lipinski definition) is 1. The fraction of sp³-hybridized carbons (Fsp3) is 0.381. The van der Waals surface area contributed by atoms with Crippen LogP contribution in [0.4, 0.5) is 4.39 Å². The molecule has 1 aromatic heterocycles. The lowest BCUT2D eigenvalue weighted by atomic mass is 9.83. The van der Waals surface area contributed by atoms with Crippen LogP contribution in [0.15, 0.2) is 48.8 Å². The molecule has 1 aliphatic heterocycles. The second-order valence-electron chi connectivity index (χ2n) is 6.76. The molecular formula is C21H24FN3O3. The molecule has 0 aliphatic carbocycles. The Hall–Kier alpha value is -2.80. The van der Waals surface area contributed by atoms with Crippen molar-refractivity contribution >= 4 is 11.8 Å². The molecule has 2 heterocycles. The van der Waals surface area contributed by atoms with Gasteiger partial charge in [0.1, 0.15) is 5.82 Å². The first-order valence-electron chi connectivity index (χ1n) is 9.31. The van der Waals surface area contributed by atoms with Crippen LogP contribution in [-0.2, 0) is 20.9 Å². The van der Waals surface area contributed by atoms with Crippen molar-refractivity contribution in [3.05, 3.63) is 65.7 Å². The van der Waals surface area contributed by atoms with Gasteiger partial charge in [0.2, 0.25) is 11.8 Å². The Balaban J connectivity index is 1.85. The number of piperidine rings is 1. The van der Waals surface area contributed by atoms with Gasteiger partial charge in [-0.3, -0.25) is 14.6 Å². The molecular weight excluding hydrogens is 361 g/mol. The first-order valence-corrected chi connectivity index (χ1v) is 9.31. The highest BCUT2D eigenvalue weighted by Gasteiger charge is 2.41. The second-order valence-corrected chi connectivity index (χ2v) is 6.76. The highest BCUT2D eigenvalue weighted by atomic mass is 19.1. The fourth-order valence-corrected chi connectivity index (χ4v) is 3.60. The molecule has 3 rings (SSSR count). The van der Waals surface area contributed by atoms with E-state index < -0.39 is 17.8 Å². The number of amides is 2. The summed E-state index contributed by atoms with van der Waals surface area (Å²) in [7, 11) is 1.55. The number of benzene rings is 1. The number of hydrogen-bond acceptors (Lipinski definition) is 4. The van der Waals surface area contributed by atoms with Crippen molar-refractivity contribution < 1.29 is 18.7 Å². The largest absolute Gasteiger partial charge is 0.383 e. The van der Waals surface area contributed by atoms with E-state index in [9.17, 15) is 14.0 Å². The summed E-state index contributed by atoms with van der Waals surface area (Å²) in [6.07, 6.45) is 3.95. The minimum absolute atomic E-state index is 0.0940. The SMILES string of the molecule is COCCN1C(=O)CC[C@@H](C(=O)NCc2ccncc2)[C@@H]1c1ccccc1F. The van der Waals surface area contributed by atoms with Crippen LogP contribution in [0.3, 0.4) is 0 Å². The summed E-state index contributed by atoms with van der Waals surface area (Å²) in [5, 5.41) is 2.92. The van der Waals surface area contributed by atoms with E-state index in [0.29, 0.717) is 31.7 Å². The molecule has 0 radical (unpaired) electrons. The molecule has 1 aromatic carbocycles. The number of nitrogens with one attached hydrogen (secondary N) is 1. The molecule has 28 heavy (non-hydrogen) atoms. The number of rotatable bonds is 7. The van der Waals surface area contributed by atoms with Crippen molar-refractivity contribution in [1.82, 2.24) is 15.2 Å². The van der Waals surface area contributed by atoms with Crippen LogP contribution < -0.4 is 5.32 Å². The van der Waals surface area contributed by atoms with E-state index in [-0.39, 0.29) is 18.2 Å². The number of nitrogens with zero attached hydrogens (tertiary/aromatic N) is 2. The second kappa shape index (κ2) is 9.41. The van der Waals surface area contributed by atoms with Gasteiger partial charge in [-0.15, -0.1) is 0 Å². The third-order valence-electron chi connectivity index (χ3n) is 5.02. The smallest absolute Gasteiger partial charge is 0.225 e. The summed E-state index contributed by atoms with van der Waals surface area (Å²) in [5.74, 6) is -1.24. The van der Waals surface area contributed by atoms with E-state index in [1.807, 2.05) is 12.1 Å². The molecule has 0 bridgehead atoms. The van der Waals surface area contributed by atoms with Gasteiger partial charge in [-0.05, 0) is 30.2 Å². The number of aromatic nitrogens is 1. The zero-order chi connectivity index (χ0) is 19.9. The van der Waals surface area contributed by atoms with Gasteiger partial charge in [-0.1, -0.05) is 18.2 Å². The van der Waals surface area contributed by atoms with Crippen LogP contribution in [0.1, 0.15) is 30.0 Å². The topological polar surface area (TPSA) is 71.5 Å². The summed E-state index contributed by atoms with van der Waals surface area (Å²) in [6, 6.07) is 9.30. The maximum absolute atomic E-state index is 14.6. The molecule has 0 saturated carbocycles. The molecule has 2 amide bonds. The van der Waals surface area contributed by atoms with Crippen LogP contribution in [0.2, 0.25) is 0 Å². The van der Waals surface area contributed by atoms with Gasteiger partial charge in [0.25, 0.3) is 0 Å². The number of carbonyl (C=O) groups excluding carboxylic acids is 2. The standard InChI is InChI=1S/C21H24FN3O3/c1-28-13-12-25-19(26)7-6-17(20(25)16-4-2-3-5-18(16)22)21(27)24-14-15-8-10-23-11-9-15/h2-5,8-11,17,20H,6-7,12-14H2,1H3,(H,24,27)/t17-,20+/m1/s1. The molecule has 0 unspecified atom stereocenters. The number of carbonyl (C=O) groups is 2. The third kappa shape index (κ3) is 4.54. The number of ether oxygens (including phenoxy) is 1. The first kappa shape index (κ1) is 19.9. The molecule has 2 atom stereocenters. The van der Waals surface area contributed by atoms with Crippen molar-refractivity contribution in [2.24, 2.45) is 5.92 Å². The van der Waals surface area contributed by atoms with E-state index in [4.69, 9.17) is 4.74 Å². The van der Waals surface area contributed by atoms with Crippen molar-refractivity contribution in [1.29, 1.82) is 0 Å². The summed E-state index contributed by atoms with van der Waals surface area (Å²) in [5.41, 5.74) is 1.28. The Labute approximate surface area is 163 Å². The number of halogens is 1. The maximum atomic E-state index is 14.6. The van der Waals surface area contributed by atoms with Crippen molar-refractivity contribution in [2.45, 2.75) is 25.4 Å². The third-order valence-corrected chi connectivity index (χ3v) is 5.02. The Morgan fingerprint density at radius 3 is 2.75 bits per heavy atom. The van der Waals surface area contributed by atoms with Crippen molar-refractivity contribution in [3.63, 3.8) is 0 Å². The lowest BCUT2D eigenvalue weighted by Crippen LogP contribution is -2.49. The van der Waals surface area contributed by atoms with E-state index in [0.717, 1.165) is 5.56 Å². The van der Waals surface area contributed by atoms with Crippen molar-refractivity contribution in [2.75, 3.05) is 20.3 Å². The molecule has 0 spiro atoms. The van der Waals surface area contributed by atoms with Gasteiger partial charge >= 0.3 is 0 Å². The zero-order valence-electron chi connectivity index (χ0n) is 15.8. The van der Waals surface area contributed by atoms with Crippen LogP contribution >= 0.6 is 0 Å². The predicted octanol–water partition coefficient (Wildman–Crippen LogP) is 2.46. The van der Waals surface area contributed by atoms with Gasteiger partial charge in [0.15, 0.2) is 0 Å². The predicted molar refractivity (Wildman–Crippen MR) is 102 cm³/mol. The van der Waals surface area contributed by atoms with E-state index in [1.165, 1.54) is 6.07 Å². The van der Waals surface area contributed by atoms with Gasteiger partial charge in [0.05, 0.1) is 18.6 Å². The van der Waals surface area contributed by atoms with E-state index >= 15 is 0 Å². The highest BCUT2D eigenvalue weighted by Crippen LogP contribution is 2.37. The van der Waals surface area contributed by atoms with Crippen LogP contribution in [0, 0.1) is 11.7 Å². The van der Waals surface area contributed by atoms with Crippen molar-refractivity contribution in [3.8, 4) is 0 Å². The molecule has 1 fully saturated rings. The monoisotopic (exact) mass is 385 g/mol. The molecule has 1 aliphatic rings. The highest BCUT2D eigenvalue weighted by molar-refractivity contribution is 5.85. The summed E-state index contributed by atoms with van der Waals surface area (Å²) in [4.78, 5) is 31.1. The molecule has 148 valence electrons. The molecule has 6 nitrogen and oxygen atoms in total. The first-order chi connectivity index (χ1) is 13.6. The Bertz CT molecular complexity index is 816. The molecule has 2 aromatic rings. The quantitative estimate of drug-likeness (QED) is 0.795. The number of likely N-dealkylation sites (tertiary alicyclic amines) is 1. The van der Waals surface area contributed by atoms with Crippen LogP contribution in [0.5, 0.6) is 0 Å². The van der Waals surface area contributed by atoms with E-state index in [2.05, 4.69) is 10.3 Å². The molecule has 7 heteroatoms. The lowest BCUT2D eigenvalue weighted by Gasteiger charge is -2.40. The van der Waals surface area contributed by atoms with Crippen LogP contribution in [0.25, 0.3) is 0 Å². The van der Waals surface area contributed by atoms with E-state index in [1.54, 1.807) is 42.6 Å². The van der Waals surface area contributed by atoms with Crippen LogP contribution in [-0.4, -0.2) is 42.0 Å².